The number of carbonyl (C=O) groups excluding carboxylic acids is 1. The third-order valence-electron chi connectivity index (χ3n) is 1.52. The van der Waals surface area contributed by atoms with Crippen LogP contribution in [0.4, 0.5) is 0 Å². The van der Waals surface area contributed by atoms with Crippen molar-refractivity contribution in [3.8, 4) is 6.07 Å². The number of rotatable bonds is 3. The highest BCUT2D eigenvalue weighted by Crippen LogP contribution is 2.06. The van der Waals surface area contributed by atoms with Crippen molar-refractivity contribution in [2.75, 3.05) is 21.2 Å². The second-order valence-corrected chi connectivity index (χ2v) is 2.94. The van der Waals surface area contributed by atoms with Gasteiger partial charge in [-0.05, 0) is 24.8 Å². The Morgan fingerprint density at radius 2 is 2.07 bits per heavy atom. The highest BCUT2D eigenvalue weighted by Gasteiger charge is 2.10. The van der Waals surface area contributed by atoms with Crippen LogP contribution in [0.3, 0.4) is 0 Å². The number of hydrogen-bond acceptors (Lipinski definition) is 4. The lowest BCUT2D eigenvalue weighted by molar-refractivity contribution is -0.135. The second kappa shape index (κ2) is 5.81. The van der Waals surface area contributed by atoms with Gasteiger partial charge in [-0.3, -0.25) is 0 Å². The molecule has 0 spiro atoms. The van der Waals surface area contributed by atoms with Gasteiger partial charge in [0.05, 0.1) is 7.11 Å². The molecule has 0 amide bonds. The zero-order chi connectivity index (χ0) is 11.1. The number of carbonyl (C=O) groups is 1. The average Bonchev–Trinajstić information content (AvgIpc) is 2.15. The van der Waals surface area contributed by atoms with Gasteiger partial charge in [0.15, 0.2) is 0 Å². The largest absolute Gasteiger partial charge is 0.465 e. The molecule has 0 radical (unpaired) electrons. The molecule has 0 N–H and O–H groups in total. The molecule has 0 fully saturated rings. The van der Waals surface area contributed by atoms with Crippen molar-refractivity contribution in [1.29, 1.82) is 5.26 Å². The van der Waals surface area contributed by atoms with E-state index in [1.807, 2.05) is 25.1 Å². The summed E-state index contributed by atoms with van der Waals surface area (Å²) in [5, 5.41) is 8.71. The molecule has 0 saturated carbocycles. The Labute approximate surface area is 84.1 Å². The summed E-state index contributed by atoms with van der Waals surface area (Å²) in [5.74, 6) is -0.603. The van der Waals surface area contributed by atoms with Gasteiger partial charge in [-0.15, -0.1) is 0 Å². The summed E-state index contributed by atoms with van der Waals surface area (Å²) in [4.78, 5) is 12.9. The van der Waals surface area contributed by atoms with Gasteiger partial charge < -0.3 is 9.64 Å². The van der Waals surface area contributed by atoms with Crippen LogP contribution in [0.25, 0.3) is 0 Å². The predicted octanol–water partition coefficient (Wildman–Crippen LogP) is 1.07. The lowest BCUT2D eigenvalue weighted by Crippen LogP contribution is -2.05. The standard InChI is InChI=1S/C10H14N2O2/c1-8(5-6-12(2)3)9(7-11)10(13)14-4/h5-6H,1-4H3. The summed E-state index contributed by atoms with van der Waals surface area (Å²) in [6, 6.07) is 1.81. The molecule has 0 aromatic carbocycles. The molecule has 0 aliphatic carbocycles. The quantitative estimate of drug-likeness (QED) is 0.292. The van der Waals surface area contributed by atoms with Crippen molar-refractivity contribution in [3.05, 3.63) is 23.4 Å². The first-order valence-corrected chi connectivity index (χ1v) is 4.06. The number of allylic oxidation sites excluding steroid dienone is 2. The molecule has 0 bridgehead atoms. The van der Waals surface area contributed by atoms with E-state index in [-0.39, 0.29) is 5.57 Å². The fourth-order valence-corrected chi connectivity index (χ4v) is 0.741. The summed E-state index contributed by atoms with van der Waals surface area (Å²) in [6.07, 6.45) is 3.45. The number of methoxy groups -OCH3 is 1. The molecule has 0 rings (SSSR count). The van der Waals surface area contributed by atoms with Gasteiger partial charge in [-0.2, -0.15) is 5.26 Å². The Balaban J connectivity index is 4.87. The fraction of sp³-hybridized carbons (Fsp3) is 0.400. The van der Waals surface area contributed by atoms with Crippen LogP contribution in [0.2, 0.25) is 0 Å². The topological polar surface area (TPSA) is 53.3 Å². The third kappa shape index (κ3) is 3.76. The van der Waals surface area contributed by atoms with Crippen LogP contribution in [0.15, 0.2) is 23.4 Å². The molecule has 0 heterocycles. The van der Waals surface area contributed by atoms with E-state index in [1.54, 1.807) is 19.2 Å². The Bertz CT molecular complexity index is 309. The van der Waals surface area contributed by atoms with Crippen molar-refractivity contribution in [2.45, 2.75) is 6.92 Å². The maximum absolute atomic E-state index is 11.1. The molecule has 0 saturated heterocycles. The molecule has 0 aromatic heterocycles. The summed E-state index contributed by atoms with van der Waals surface area (Å²) in [6.45, 7) is 1.69. The summed E-state index contributed by atoms with van der Waals surface area (Å²) in [7, 11) is 4.96. The maximum Gasteiger partial charge on any atom is 0.348 e. The number of hydrogen-bond donors (Lipinski definition) is 0. The first kappa shape index (κ1) is 12.2. The van der Waals surface area contributed by atoms with Gasteiger partial charge in [0.25, 0.3) is 0 Å². The van der Waals surface area contributed by atoms with E-state index >= 15 is 0 Å². The molecule has 4 heteroatoms. The van der Waals surface area contributed by atoms with Gasteiger partial charge in [-0.1, -0.05) is 0 Å². The minimum absolute atomic E-state index is 0.0330. The van der Waals surface area contributed by atoms with E-state index < -0.39 is 5.97 Å². The first-order valence-electron chi connectivity index (χ1n) is 4.06. The summed E-state index contributed by atoms with van der Waals surface area (Å²) < 4.78 is 4.46. The minimum Gasteiger partial charge on any atom is -0.465 e. The van der Waals surface area contributed by atoms with Crippen molar-refractivity contribution >= 4 is 5.97 Å². The zero-order valence-corrected chi connectivity index (χ0v) is 8.87. The number of nitriles is 1. The third-order valence-corrected chi connectivity index (χ3v) is 1.52. The first-order chi connectivity index (χ1) is 6.52. The highest BCUT2D eigenvalue weighted by atomic mass is 16.5. The number of ether oxygens (including phenoxy) is 1. The maximum atomic E-state index is 11.1. The molecular weight excluding hydrogens is 180 g/mol. The summed E-state index contributed by atoms with van der Waals surface area (Å²) in [5.41, 5.74) is 0.624. The van der Waals surface area contributed by atoms with Crippen LogP contribution >= 0.6 is 0 Å². The smallest absolute Gasteiger partial charge is 0.348 e. The Hall–Kier alpha value is -1.76. The van der Waals surface area contributed by atoms with Gasteiger partial charge in [0.1, 0.15) is 11.6 Å². The van der Waals surface area contributed by atoms with Crippen LogP contribution < -0.4 is 0 Å². The Morgan fingerprint density at radius 3 is 2.43 bits per heavy atom. The molecule has 0 aliphatic heterocycles. The van der Waals surface area contributed by atoms with E-state index in [0.29, 0.717) is 5.57 Å². The summed E-state index contributed by atoms with van der Waals surface area (Å²) >= 11 is 0. The average molecular weight is 194 g/mol. The van der Waals surface area contributed by atoms with E-state index in [0.717, 1.165) is 0 Å². The van der Waals surface area contributed by atoms with Crippen molar-refractivity contribution in [1.82, 2.24) is 4.90 Å². The molecule has 0 atom stereocenters. The minimum atomic E-state index is -0.603. The van der Waals surface area contributed by atoms with Gasteiger partial charge in [-0.25, -0.2) is 4.79 Å². The molecule has 76 valence electrons. The molecular formula is C10H14N2O2. The lowest BCUT2D eigenvalue weighted by atomic mass is 10.1. The Kier molecular flexibility index (Phi) is 5.08. The zero-order valence-electron chi connectivity index (χ0n) is 8.87. The van der Waals surface area contributed by atoms with Gasteiger partial charge in [0, 0.05) is 14.1 Å². The predicted molar refractivity (Wildman–Crippen MR) is 53.2 cm³/mol. The molecule has 0 unspecified atom stereocenters. The van der Waals surface area contributed by atoms with Crippen LogP contribution in [0, 0.1) is 11.3 Å². The van der Waals surface area contributed by atoms with E-state index in [2.05, 4.69) is 4.74 Å². The van der Waals surface area contributed by atoms with Gasteiger partial charge >= 0.3 is 5.97 Å². The monoisotopic (exact) mass is 194 g/mol. The van der Waals surface area contributed by atoms with Crippen molar-refractivity contribution < 1.29 is 9.53 Å². The van der Waals surface area contributed by atoms with E-state index in [4.69, 9.17) is 5.26 Å². The van der Waals surface area contributed by atoms with Gasteiger partial charge in [0.2, 0.25) is 0 Å². The lowest BCUT2D eigenvalue weighted by Gasteiger charge is -2.04. The molecule has 0 aromatic rings. The SMILES string of the molecule is COC(=O)C(C#N)=C(C)C=CN(C)C. The molecule has 4 nitrogen and oxygen atoms in total. The fourth-order valence-electron chi connectivity index (χ4n) is 0.741. The van der Waals surface area contributed by atoms with Crippen molar-refractivity contribution in [2.24, 2.45) is 0 Å². The number of esters is 1. The van der Waals surface area contributed by atoms with Crippen LogP contribution in [0.1, 0.15) is 6.92 Å². The normalized spacial score (nSPS) is 11.9. The van der Waals surface area contributed by atoms with Crippen molar-refractivity contribution in [3.63, 3.8) is 0 Å². The number of nitrogens with zero attached hydrogens (tertiary/aromatic N) is 2. The highest BCUT2D eigenvalue weighted by molar-refractivity contribution is 5.93. The Morgan fingerprint density at radius 1 is 1.50 bits per heavy atom. The molecule has 0 aliphatic rings. The van der Waals surface area contributed by atoms with E-state index in [1.165, 1.54) is 7.11 Å². The van der Waals surface area contributed by atoms with Crippen LogP contribution in [-0.4, -0.2) is 32.1 Å². The van der Waals surface area contributed by atoms with Crippen LogP contribution in [0.5, 0.6) is 0 Å². The molecule has 14 heavy (non-hydrogen) atoms. The second-order valence-electron chi connectivity index (χ2n) is 2.94. The van der Waals surface area contributed by atoms with Crippen LogP contribution in [-0.2, 0) is 9.53 Å². The van der Waals surface area contributed by atoms with E-state index in [9.17, 15) is 4.79 Å².